The largest absolute Gasteiger partial charge is 0.461 e. The van der Waals surface area contributed by atoms with Crippen molar-refractivity contribution >= 4 is 23.5 Å². The molecule has 3 heterocycles. The zero-order valence-electron chi connectivity index (χ0n) is 18.1. The van der Waals surface area contributed by atoms with Gasteiger partial charge in [-0.3, -0.25) is 9.36 Å². The summed E-state index contributed by atoms with van der Waals surface area (Å²) in [7, 11) is 1.83. The Bertz CT molecular complexity index is 1330. The number of fused-ring (bicyclic) bond motifs is 1. The highest BCUT2D eigenvalue weighted by Gasteiger charge is 2.27. The van der Waals surface area contributed by atoms with Crippen LogP contribution in [-0.4, -0.2) is 31.0 Å². The van der Waals surface area contributed by atoms with Crippen LogP contribution in [0.5, 0.6) is 0 Å². The standard InChI is InChI=1S/C24H22N6O2S/c1-29-23(20-12-7-13-32-20)27-28-24(29)33-15-21(31)26-22-18(14-25)17-10-5-6-11-19(17)30(22)16-8-3-2-4-9-16/h2-4,7-9,12-13H,5-6,10-11,15H2,1H3,(H,26,31). The molecule has 0 fully saturated rings. The van der Waals surface area contributed by atoms with E-state index >= 15 is 0 Å². The number of nitriles is 1. The molecule has 1 aliphatic rings. The van der Waals surface area contributed by atoms with Gasteiger partial charge in [-0.2, -0.15) is 5.26 Å². The Hall–Kier alpha value is -3.77. The Morgan fingerprint density at radius 3 is 2.76 bits per heavy atom. The van der Waals surface area contributed by atoms with Crippen LogP contribution in [0.3, 0.4) is 0 Å². The van der Waals surface area contributed by atoms with Crippen molar-refractivity contribution in [3.8, 4) is 23.3 Å². The lowest BCUT2D eigenvalue weighted by Gasteiger charge is -2.17. The van der Waals surface area contributed by atoms with E-state index in [1.807, 2.05) is 48.0 Å². The number of furan rings is 1. The normalized spacial score (nSPS) is 12.8. The number of carbonyl (C=O) groups is 1. The third kappa shape index (κ3) is 3.94. The van der Waals surface area contributed by atoms with Crippen molar-refractivity contribution in [2.24, 2.45) is 7.05 Å². The second kappa shape index (κ2) is 9.00. The number of hydrogen-bond acceptors (Lipinski definition) is 6. The van der Waals surface area contributed by atoms with E-state index in [1.54, 1.807) is 16.9 Å². The summed E-state index contributed by atoms with van der Waals surface area (Å²) in [6.45, 7) is 0. The Labute approximate surface area is 195 Å². The molecule has 9 heteroatoms. The second-order valence-corrected chi connectivity index (χ2v) is 8.76. The number of thioether (sulfide) groups is 1. The smallest absolute Gasteiger partial charge is 0.236 e. The van der Waals surface area contributed by atoms with Gasteiger partial charge in [0, 0.05) is 18.4 Å². The molecule has 0 saturated heterocycles. The highest BCUT2D eigenvalue weighted by atomic mass is 32.2. The van der Waals surface area contributed by atoms with E-state index in [-0.39, 0.29) is 11.7 Å². The van der Waals surface area contributed by atoms with Crippen LogP contribution in [0.1, 0.15) is 29.7 Å². The third-order valence-electron chi connectivity index (χ3n) is 5.76. The van der Waals surface area contributed by atoms with Gasteiger partial charge in [-0.25, -0.2) is 0 Å². The van der Waals surface area contributed by atoms with Crippen LogP contribution >= 0.6 is 11.8 Å². The van der Waals surface area contributed by atoms with Crippen LogP contribution in [0.25, 0.3) is 17.3 Å². The van der Waals surface area contributed by atoms with E-state index in [4.69, 9.17) is 4.42 Å². The third-order valence-corrected chi connectivity index (χ3v) is 6.78. The Morgan fingerprint density at radius 1 is 1.18 bits per heavy atom. The number of nitrogens with zero attached hydrogens (tertiary/aromatic N) is 5. The molecule has 0 atom stereocenters. The van der Waals surface area contributed by atoms with Gasteiger partial charge in [0.15, 0.2) is 16.7 Å². The molecule has 0 radical (unpaired) electrons. The SMILES string of the molecule is Cn1c(SCC(=O)Nc2c(C#N)c3c(n2-c2ccccc2)CCCC3)nnc1-c1ccco1. The summed E-state index contributed by atoms with van der Waals surface area (Å²) in [6, 6.07) is 15.8. The molecule has 166 valence electrons. The number of amides is 1. The predicted octanol–water partition coefficient (Wildman–Crippen LogP) is 4.35. The Kier molecular flexibility index (Phi) is 5.75. The van der Waals surface area contributed by atoms with Crippen LogP contribution in [0.4, 0.5) is 5.82 Å². The maximum atomic E-state index is 13.0. The number of hydrogen-bond donors (Lipinski definition) is 1. The fourth-order valence-electron chi connectivity index (χ4n) is 4.26. The number of aromatic nitrogens is 4. The van der Waals surface area contributed by atoms with Crippen molar-refractivity contribution in [2.45, 2.75) is 30.8 Å². The molecule has 3 aromatic heterocycles. The first-order valence-electron chi connectivity index (χ1n) is 10.7. The molecule has 1 aromatic carbocycles. The van der Waals surface area contributed by atoms with Gasteiger partial charge >= 0.3 is 0 Å². The van der Waals surface area contributed by atoms with Crippen LogP contribution in [0, 0.1) is 11.3 Å². The maximum absolute atomic E-state index is 13.0. The van der Waals surface area contributed by atoms with Gasteiger partial charge in [0.1, 0.15) is 11.9 Å². The van der Waals surface area contributed by atoms with Crippen LogP contribution in [0.2, 0.25) is 0 Å². The lowest BCUT2D eigenvalue weighted by atomic mass is 9.95. The summed E-state index contributed by atoms with van der Waals surface area (Å²) in [6.07, 6.45) is 5.44. The molecule has 33 heavy (non-hydrogen) atoms. The van der Waals surface area contributed by atoms with Gasteiger partial charge in [-0.05, 0) is 55.5 Å². The summed E-state index contributed by atoms with van der Waals surface area (Å²) in [5.74, 6) is 1.70. The van der Waals surface area contributed by atoms with Gasteiger partial charge in [-0.1, -0.05) is 30.0 Å². The fourth-order valence-corrected chi connectivity index (χ4v) is 4.97. The summed E-state index contributed by atoms with van der Waals surface area (Å²) in [5.41, 5.74) is 3.66. The number of rotatable bonds is 6. The van der Waals surface area contributed by atoms with E-state index in [0.717, 1.165) is 42.6 Å². The van der Waals surface area contributed by atoms with Crippen molar-refractivity contribution in [3.63, 3.8) is 0 Å². The summed E-state index contributed by atoms with van der Waals surface area (Å²) in [4.78, 5) is 13.0. The quantitative estimate of drug-likeness (QED) is 0.431. The Morgan fingerprint density at radius 2 is 2.00 bits per heavy atom. The van der Waals surface area contributed by atoms with E-state index in [0.29, 0.717) is 28.1 Å². The molecule has 0 unspecified atom stereocenters. The van der Waals surface area contributed by atoms with Crippen LogP contribution in [0.15, 0.2) is 58.3 Å². The van der Waals surface area contributed by atoms with E-state index < -0.39 is 0 Å². The van der Waals surface area contributed by atoms with E-state index in [1.165, 1.54) is 11.8 Å². The van der Waals surface area contributed by atoms with Crippen LogP contribution in [-0.2, 0) is 24.7 Å². The lowest BCUT2D eigenvalue weighted by molar-refractivity contribution is -0.113. The lowest BCUT2D eigenvalue weighted by Crippen LogP contribution is -2.18. The van der Waals surface area contributed by atoms with E-state index in [2.05, 4.69) is 21.6 Å². The number of para-hydroxylation sites is 1. The first kappa shape index (κ1) is 21.1. The van der Waals surface area contributed by atoms with Crippen molar-refractivity contribution < 1.29 is 9.21 Å². The molecular formula is C24H22N6O2S. The first-order chi connectivity index (χ1) is 16.2. The molecule has 1 aliphatic carbocycles. The van der Waals surface area contributed by atoms with Crippen molar-refractivity contribution in [3.05, 3.63) is 65.5 Å². The fraction of sp³-hybridized carbons (Fsp3) is 0.250. The molecule has 4 aromatic rings. The van der Waals surface area contributed by atoms with Gasteiger partial charge in [0.05, 0.1) is 17.6 Å². The number of benzene rings is 1. The molecule has 1 amide bonds. The minimum Gasteiger partial charge on any atom is -0.461 e. The van der Waals surface area contributed by atoms with Gasteiger partial charge in [-0.15, -0.1) is 10.2 Å². The van der Waals surface area contributed by atoms with Crippen molar-refractivity contribution in [1.29, 1.82) is 5.26 Å². The molecular weight excluding hydrogens is 436 g/mol. The van der Waals surface area contributed by atoms with Gasteiger partial charge < -0.3 is 14.3 Å². The Balaban J connectivity index is 1.40. The molecule has 0 spiro atoms. The zero-order chi connectivity index (χ0) is 22.8. The van der Waals surface area contributed by atoms with E-state index in [9.17, 15) is 10.1 Å². The predicted molar refractivity (Wildman–Crippen MR) is 125 cm³/mol. The molecule has 5 rings (SSSR count). The topological polar surface area (TPSA) is 102 Å². The minimum atomic E-state index is -0.203. The summed E-state index contributed by atoms with van der Waals surface area (Å²) >= 11 is 1.29. The second-order valence-electron chi connectivity index (χ2n) is 7.82. The molecule has 1 N–H and O–H groups in total. The average molecular weight is 459 g/mol. The highest BCUT2D eigenvalue weighted by molar-refractivity contribution is 7.99. The summed E-state index contributed by atoms with van der Waals surface area (Å²) < 4.78 is 9.22. The molecule has 0 bridgehead atoms. The molecule has 8 nitrogen and oxygen atoms in total. The van der Waals surface area contributed by atoms with Gasteiger partial charge in [0.2, 0.25) is 5.91 Å². The zero-order valence-corrected chi connectivity index (χ0v) is 18.9. The average Bonchev–Trinajstić information content (AvgIpc) is 3.56. The highest BCUT2D eigenvalue weighted by Crippen LogP contribution is 2.35. The maximum Gasteiger partial charge on any atom is 0.236 e. The first-order valence-corrected chi connectivity index (χ1v) is 11.7. The van der Waals surface area contributed by atoms with Gasteiger partial charge in [0.25, 0.3) is 0 Å². The number of carbonyl (C=O) groups excluding carboxylic acids is 1. The molecule has 0 saturated carbocycles. The van der Waals surface area contributed by atoms with Crippen LogP contribution < -0.4 is 5.32 Å². The number of anilines is 1. The summed E-state index contributed by atoms with van der Waals surface area (Å²) in [5, 5.41) is 21.9. The van der Waals surface area contributed by atoms with Crippen molar-refractivity contribution in [1.82, 2.24) is 19.3 Å². The minimum absolute atomic E-state index is 0.139. The number of nitrogens with one attached hydrogen (secondary N) is 1. The van der Waals surface area contributed by atoms with Crippen molar-refractivity contribution in [2.75, 3.05) is 11.1 Å². The molecule has 0 aliphatic heterocycles. The monoisotopic (exact) mass is 458 g/mol.